The molecule has 2 aromatic carbocycles. The molecule has 2 aromatic rings. The molecule has 0 aliphatic carbocycles. The average Bonchev–Trinajstić information content (AvgIpc) is 2.52. The van der Waals surface area contributed by atoms with Gasteiger partial charge in [-0.15, -0.1) is 0 Å². The summed E-state index contributed by atoms with van der Waals surface area (Å²) >= 11 is 6.04. The van der Waals surface area contributed by atoms with Crippen molar-refractivity contribution in [2.75, 3.05) is 6.79 Å². The Morgan fingerprint density at radius 3 is 2.96 bits per heavy atom. The van der Waals surface area contributed by atoms with Crippen LogP contribution in [0.25, 0.3) is 0 Å². The lowest BCUT2D eigenvalue weighted by Gasteiger charge is -2.21. The van der Waals surface area contributed by atoms with Gasteiger partial charge in [0.25, 0.3) is 0 Å². The van der Waals surface area contributed by atoms with Crippen LogP contribution in [0.1, 0.15) is 11.1 Å². The first kappa shape index (κ1) is 15.5. The van der Waals surface area contributed by atoms with E-state index in [1.165, 1.54) is 0 Å². The summed E-state index contributed by atoms with van der Waals surface area (Å²) in [5.74, 6) is -0.209. The molecule has 0 unspecified atom stereocenters. The van der Waals surface area contributed by atoms with Crippen LogP contribution in [0.3, 0.4) is 0 Å². The van der Waals surface area contributed by atoms with Crippen molar-refractivity contribution < 1.29 is 23.5 Å². The number of rotatable bonds is 4. The molecule has 6 nitrogen and oxygen atoms in total. The summed E-state index contributed by atoms with van der Waals surface area (Å²) in [5.41, 5.74) is 1.05. The smallest absolute Gasteiger partial charge is 0.311 e. The molecule has 0 saturated carbocycles. The van der Waals surface area contributed by atoms with E-state index in [2.05, 4.69) is 0 Å². The van der Waals surface area contributed by atoms with Crippen LogP contribution in [0, 0.1) is 15.9 Å². The predicted octanol–water partition coefficient (Wildman–Crippen LogP) is 3.83. The largest absolute Gasteiger partial charge is 0.482 e. The summed E-state index contributed by atoms with van der Waals surface area (Å²) in [6, 6.07) is 6.38. The Hall–Kier alpha value is -2.38. The Morgan fingerprint density at radius 2 is 2.17 bits per heavy atom. The molecule has 0 saturated heterocycles. The second-order valence-corrected chi connectivity index (χ2v) is 5.26. The van der Waals surface area contributed by atoms with E-state index >= 15 is 0 Å². The lowest BCUT2D eigenvalue weighted by molar-refractivity contribution is -0.386. The summed E-state index contributed by atoms with van der Waals surface area (Å²) < 4.78 is 29.3. The van der Waals surface area contributed by atoms with Crippen molar-refractivity contribution in [3.05, 3.63) is 62.4 Å². The molecule has 1 aliphatic heterocycles. The van der Waals surface area contributed by atoms with Crippen molar-refractivity contribution in [2.24, 2.45) is 0 Å². The van der Waals surface area contributed by atoms with Crippen LogP contribution in [0.2, 0.25) is 5.02 Å². The van der Waals surface area contributed by atoms with Gasteiger partial charge in [-0.05, 0) is 18.2 Å². The van der Waals surface area contributed by atoms with E-state index in [-0.39, 0.29) is 24.8 Å². The number of halogens is 2. The molecule has 8 heteroatoms. The van der Waals surface area contributed by atoms with Crippen LogP contribution in [0.15, 0.2) is 30.3 Å². The Labute approximate surface area is 135 Å². The third kappa shape index (κ3) is 3.35. The first-order valence-electron chi connectivity index (χ1n) is 6.63. The highest BCUT2D eigenvalue weighted by atomic mass is 35.5. The number of nitro benzene ring substituents is 1. The third-order valence-corrected chi connectivity index (χ3v) is 3.47. The molecule has 3 rings (SSSR count). The van der Waals surface area contributed by atoms with Crippen LogP contribution in [-0.2, 0) is 18.0 Å². The van der Waals surface area contributed by atoms with Crippen molar-refractivity contribution in [1.29, 1.82) is 0 Å². The van der Waals surface area contributed by atoms with Crippen molar-refractivity contribution in [3.8, 4) is 11.5 Å². The van der Waals surface area contributed by atoms with Crippen LogP contribution >= 0.6 is 11.6 Å². The van der Waals surface area contributed by atoms with E-state index in [1.54, 1.807) is 12.1 Å². The minimum Gasteiger partial charge on any atom is -0.482 e. The van der Waals surface area contributed by atoms with E-state index in [0.717, 1.165) is 23.8 Å². The zero-order valence-electron chi connectivity index (χ0n) is 11.8. The van der Waals surface area contributed by atoms with E-state index < -0.39 is 10.7 Å². The number of nitro groups is 1. The zero-order chi connectivity index (χ0) is 16.4. The average molecular weight is 340 g/mol. The minimum absolute atomic E-state index is 0.0484. The maximum Gasteiger partial charge on any atom is 0.311 e. The van der Waals surface area contributed by atoms with Gasteiger partial charge in [0.2, 0.25) is 0 Å². The lowest BCUT2D eigenvalue weighted by Crippen LogP contribution is -2.14. The molecule has 1 heterocycles. The molecule has 0 amide bonds. The zero-order valence-corrected chi connectivity index (χ0v) is 12.5. The van der Waals surface area contributed by atoms with Crippen LogP contribution < -0.4 is 9.47 Å². The number of hydrogen-bond acceptors (Lipinski definition) is 5. The molecule has 0 N–H and O–H groups in total. The molecular formula is C15H11ClFNO5. The molecule has 120 valence electrons. The topological polar surface area (TPSA) is 70.8 Å². The number of ether oxygens (including phenoxy) is 3. The highest BCUT2D eigenvalue weighted by Gasteiger charge is 2.20. The second kappa shape index (κ2) is 6.39. The summed E-state index contributed by atoms with van der Waals surface area (Å²) in [5, 5.41) is 11.4. The fraction of sp³-hybridized carbons (Fsp3) is 0.200. The standard InChI is InChI=1S/C15H11ClFNO5/c16-11-3-9-6-21-8-23-15(9)10(4-11)7-22-14-5-12(17)1-2-13(14)18(19)20/h1-5H,6-8H2. The van der Waals surface area contributed by atoms with Gasteiger partial charge in [-0.25, -0.2) is 4.39 Å². The summed E-state index contributed by atoms with van der Waals surface area (Å²) in [4.78, 5) is 10.3. The lowest BCUT2D eigenvalue weighted by atomic mass is 10.1. The normalized spacial score (nSPS) is 13.1. The SMILES string of the molecule is O=[N+]([O-])c1ccc(F)cc1OCc1cc(Cl)cc2c1OCOC2. The molecule has 0 atom stereocenters. The minimum atomic E-state index is -0.632. The van der Waals surface area contributed by atoms with Gasteiger partial charge in [-0.2, -0.15) is 0 Å². The molecule has 1 aliphatic rings. The van der Waals surface area contributed by atoms with Crippen LogP contribution in [0.5, 0.6) is 11.5 Å². The fourth-order valence-electron chi connectivity index (χ4n) is 2.27. The molecular weight excluding hydrogens is 329 g/mol. The predicted molar refractivity (Wildman–Crippen MR) is 79.1 cm³/mol. The van der Waals surface area contributed by atoms with Crippen molar-refractivity contribution in [3.63, 3.8) is 0 Å². The summed E-state index contributed by atoms with van der Waals surface area (Å²) in [7, 11) is 0. The first-order chi connectivity index (χ1) is 11.0. The summed E-state index contributed by atoms with van der Waals surface area (Å²) in [6.45, 7) is 0.401. The van der Waals surface area contributed by atoms with Gasteiger partial charge in [-0.1, -0.05) is 11.6 Å². The molecule has 0 radical (unpaired) electrons. The van der Waals surface area contributed by atoms with Gasteiger partial charge in [0.1, 0.15) is 18.2 Å². The second-order valence-electron chi connectivity index (χ2n) is 4.82. The van der Waals surface area contributed by atoms with E-state index in [4.69, 9.17) is 25.8 Å². The molecule has 23 heavy (non-hydrogen) atoms. The van der Waals surface area contributed by atoms with Crippen LogP contribution in [-0.4, -0.2) is 11.7 Å². The Bertz CT molecular complexity index is 768. The number of nitrogens with zero attached hydrogens (tertiary/aromatic N) is 1. The number of fused-ring (bicyclic) bond motifs is 1. The Morgan fingerprint density at radius 1 is 1.35 bits per heavy atom. The first-order valence-corrected chi connectivity index (χ1v) is 7.01. The monoisotopic (exact) mass is 339 g/mol. The maximum atomic E-state index is 13.3. The number of hydrogen-bond donors (Lipinski definition) is 0. The maximum absolute atomic E-state index is 13.3. The highest BCUT2D eigenvalue weighted by molar-refractivity contribution is 6.30. The van der Waals surface area contributed by atoms with Gasteiger partial charge < -0.3 is 14.2 Å². The number of benzene rings is 2. The fourth-order valence-corrected chi connectivity index (χ4v) is 2.54. The van der Waals surface area contributed by atoms with Crippen molar-refractivity contribution in [2.45, 2.75) is 13.2 Å². The van der Waals surface area contributed by atoms with Gasteiger partial charge >= 0.3 is 5.69 Å². The Balaban J connectivity index is 1.88. The van der Waals surface area contributed by atoms with E-state index in [1.807, 2.05) is 0 Å². The molecule has 0 fully saturated rings. The van der Waals surface area contributed by atoms with Crippen LogP contribution in [0.4, 0.5) is 10.1 Å². The van der Waals surface area contributed by atoms with Crippen molar-refractivity contribution in [1.82, 2.24) is 0 Å². The quantitative estimate of drug-likeness (QED) is 0.625. The third-order valence-electron chi connectivity index (χ3n) is 3.25. The van der Waals surface area contributed by atoms with Gasteiger partial charge in [0.15, 0.2) is 12.5 Å². The summed E-state index contributed by atoms with van der Waals surface area (Å²) in [6.07, 6.45) is 0. The van der Waals surface area contributed by atoms with Gasteiger partial charge in [0.05, 0.1) is 11.5 Å². The Kier molecular flexibility index (Phi) is 4.31. The van der Waals surface area contributed by atoms with Crippen molar-refractivity contribution >= 4 is 17.3 Å². The van der Waals surface area contributed by atoms with Gasteiger partial charge in [0, 0.05) is 28.3 Å². The molecule has 0 spiro atoms. The van der Waals surface area contributed by atoms with E-state index in [9.17, 15) is 14.5 Å². The molecule has 0 bridgehead atoms. The van der Waals surface area contributed by atoms with Gasteiger partial charge in [-0.3, -0.25) is 10.1 Å². The van der Waals surface area contributed by atoms with E-state index in [0.29, 0.717) is 22.9 Å². The highest BCUT2D eigenvalue weighted by Crippen LogP contribution is 2.34. The molecule has 0 aromatic heterocycles.